The third-order valence-corrected chi connectivity index (χ3v) is 5.02. The van der Waals surface area contributed by atoms with Crippen LogP contribution in [0.25, 0.3) is 0 Å². The summed E-state index contributed by atoms with van der Waals surface area (Å²) < 4.78 is 7.92. The number of nitrogens with zero attached hydrogens (tertiary/aromatic N) is 3. The minimum Gasteiger partial charge on any atom is -0.492 e. The Morgan fingerprint density at radius 2 is 1.76 bits per heavy atom. The summed E-state index contributed by atoms with van der Waals surface area (Å²) in [5, 5.41) is 0. The van der Waals surface area contributed by atoms with Crippen molar-refractivity contribution in [2.24, 2.45) is 0 Å². The van der Waals surface area contributed by atoms with Crippen molar-refractivity contribution in [3.8, 4) is 5.75 Å². The summed E-state index contributed by atoms with van der Waals surface area (Å²) in [6, 6.07) is 14.4. The zero-order valence-electron chi connectivity index (χ0n) is 14.5. The molecule has 0 radical (unpaired) electrons. The molecule has 2 aliphatic rings. The number of benzene rings is 1. The van der Waals surface area contributed by atoms with Gasteiger partial charge in [0.25, 0.3) is 5.91 Å². The molecular weight excluding hydrogens is 314 g/mol. The predicted molar refractivity (Wildman–Crippen MR) is 97.0 cm³/mol. The van der Waals surface area contributed by atoms with Gasteiger partial charge in [-0.15, -0.1) is 0 Å². The van der Waals surface area contributed by atoms with Crippen LogP contribution in [0.5, 0.6) is 5.75 Å². The number of carbonyl (C=O) groups excluding carboxylic acids is 1. The van der Waals surface area contributed by atoms with Gasteiger partial charge in [-0.25, -0.2) is 0 Å². The van der Waals surface area contributed by atoms with Crippen molar-refractivity contribution in [2.45, 2.75) is 18.9 Å². The Morgan fingerprint density at radius 3 is 2.48 bits per heavy atom. The Kier molecular flexibility index (Phi) is 4.74. The normalized spacial score (nSPS) is 18.3. The number of amides is 1. The number of piperazine rings is 1. The van der Waals surface area contributed by atoms with Gasteiger partial charge in [0.1, 0.15) is 18.1 Å². The maximum atomic E-state index is 12.8. The molecule has 0 unspecified atom stereocenters. The van der Waals surface area contributed by atoms with Crippen LogP contribution >= 0.6 is 0 Å². The smallest absolute Gasteiger partial charge is 0.270 e. The highest BCUT2D eigenvalue weighted by molar-refractivity contribution is 5.93. The Morgan fingerprint density at radius 1 is 1.00 bits per heavy atom. The van der Waals surface area contributed by atoms with E-state index in [0.717, 1.165) is 44.2 Å². The number of para-hydroxylation sites is 1. The molecule has 1 saturated heterocycles. The predicted octanol–water partition coefficient (Wildman–Crippen LogP) is 2.66. The van der Waals surface area contributed by atoms with Gasteiger partial charge in [0.05, 0.1) is 0 Å². The molecule has 1 amide bonds. The lowest BCUT2D eigenvalue weighted by atomic mass is 10.2. The second kappa shape index (κ2) is 7.31. The highest BCUT2D eigenvalue weighted by Gasteiger charge is 2.29. The average molecular weight is 339 g/mol. The van der Waals surface area contributed by atoms with Gasteiger partial charge >= 0.3 is 0 Å². The maximum Gasteiger partial charge on any atom is 0.270 e. The molecule has 0 atom stereocenters. The third kappa shape index (κ3) is 3.87. The Hall–Kier alpha value is -2.27. The number of carbonyl (C=O) groups is 1. The average Bonchev–Trinajstić information content (AvgIpc) is 3.39. The van der Waals surface area contributed by atoms with Crippen molar-refractivity contribution in [2.75, 3.05) is 39.3 Å². The highest BCUT2D eigenvalue weighted by Crippen LogP contribution is 2.36. The number of rotatable bonds is 6. The quantitative estimate of drug-likeness (QED) is 0.812. The van der Waals surface area contributed by atoms with Gasteiger partial charge in [-0.3, -0.25) is 9.69 Å². The van der Waals surface area contributed by atoms with E-state index in [2.05, 4.69) is 9.47 Å². The molecule has 1 aromatic heterocycles. The fourth-order valence-electron chi connectivity index (χ4n) is 3.39. The van der Waals surface area contributed by atoms with E-state index in [4.69, 9.17) is 4.74 Å². The van der Waals surface area contributed by atoms with E-state index in [1.807, 2.05) is 53.6 Å². The Labute approximate surface area is 148 Å². The van der Waals surface area contributed by atoms with Gasteiger partial charge in [0.15, 0.2) is 0 Å². The Balaban J connectivity index is 1.24. The lowest BCUT2D eigenvalue weighted by molar-refractivity contribution is 0.0610. The van der Waals surface area contributed by atoms with Crippen molar-refractivity contribution in [3.63, 3.8) is 0 Å². The highest BCUT2D eigenvalue weighted by atomic mass is 16.5. The largest absolute Gasteiger partial charge is 0.492 e. The van der Waals surface area contributed by atoms with Crippen molar-refractivity contribution in [3.05, 3.63) is 54.4 Å². The van der Waals surface area contributed by atoms with E-state index in [0.29, 0.717) is 12.6 Å². The van der Waals surface area contributed by atoms with E-state index < -0.39 is 0 Å². The standard InChI is InChI=1S/C20H25N3O2/c24-20(19-7-4-10-23(19)17-8-9-17)22-13-11-21(12-14-22)15-16-25-18-5-2-1-3-6-18/h1-7,10,17H,8-9,11-16H2. The summed E-state index contributed by atoms with van der Waals surface area (Å²) in [5.74, 6) is 1.09. The summed E-state index contributed by atoms with van der Waals surface area (Å²) in [6.45, 7) is 4.99. The lowest BCUT2D eigenvalue weighted by Crippen LogP contribution is -2.49. The topological polar surface area (TPSA) is 37.7 Å². The molecule has 132 valence electrons. The van der Waals surface area contributed by atoms with E-state index >= 15 is 0 Å². The monoisotopic (exact) mass is 339 g/mol. The van der Waals surface area contributed by atoms with Gasteiger partial charge in [-0.1, -0.05) is 18.2 Å². The molecule has 0 spiro atoms. The van der Waals surface area contributed by atoms with Crippen LogP contribution < -0.4 is 4.74 Å². The number of ether oxygens (including phenoxy) is 1. The van der Waals surface area contributed by atoms with Crippen molar-refractivity contribution in [1.82, 2.24) is 14.4 Å². The molecular formula is C20H25N3O2. The molecule has 5 nitrogen and oxygen atoms in total. The summed E-state index contributed by atoms with van der Waals surface area (Å²) >= 11 is 0. The molecule has 25 heavy (non-hydrogen) atoms. The minimum atomic E-state index is 0.178. The molecule has 0 bridgehead atoms. The van der Waals surface area contributed by atoms with Crippen molar-refractivity contribution in [1.29, 1.82) is 0 Å². The summed E-state index contributed by atoms with van der Waals surface area (Å²) in [5.41, 5.74) is 0.850. The van der Waals surface area contributed by atoms with Crippen LogP contribution in [0.1, 0.15) is 29.4 Å². The summed E-state index contributed by atoms with van der Waals surface area (Å²) in [4.78, 5) is 17.1. The first kappa shape index (κ1) is 16.2. The van der Waals surface area contributed by atoms with Crippen LogP contribution in [0.2, 0.25) is 0 Å². The van der Waals surface area contributed by atoms with Gasteiger partial charge in [0.2, 0.25) is 0 Å². The van der Waals surface area contributed by atoms with E-state index in [1.165, 1.54) is 12.8 Å². The van der Waals surface area contributed by atoms with Crippen molar-refractivity contribution < 1.29 is 9.53 Å². The molecule has 1 aliphatic heterocycles. The lowest BCUT2D eigenvalue weighted by Gasteiger charge is -2.34. The minimum absolute atomic E-state index is 0.178. The molecule has 2 fully saturated rings. The molecule has 4 rings (SSSR count). The third-order valence-electron chi connectivity index (χ3n) is 5.02. The first-order chi connectivity index (χ1) is 12.3. The van der Waals surface area contributed by atoms with Crippen LogP contribution in [0.15, 0.2) is 48.7 Å². The van der Waals surface area contributed by atoms with Crippen LogP contribution in [-0.2, 0) is 0 Å². The molecule has 2 heterocycles. The van der Waals surface area contributed by atoms with E-state index in [-0.39, 0.29) is 5.91 Å². The molecule has 2 aromatic rings. The van der Waals surface area contributed by atoms with Crippen molar-refractivity contribution >= 4 is 5.91 Å². The van der Waals surface area contributed by atoms with Crippen LogP contribution in [0.3, 0.4) is 0 Å². The number of hydrogen-bond acceptors (Lipinski definition) is 3. The van der Waals surface area contributed by atoms with Gasteiger partial charge in [0, 0.05) is 45.0 Å². The molecule has 5 heteroatoms. The SMILES string of the molecule is O=C(c1cccn1C1CC1)N1CCN(CCOc2ccccc2)CC1. The van der Waals surface area contributed by atoms with Gasteiger partial charge in [-0.2, -0.15) is 0 Å². The van der Waals surface area contributed by atoms with Gasteiger partial charge < -0.3 is 14.2 Å². The van der Waals surface area contributed by atoms with Crippen LogP contribution in [0.4, 0.5) is 0 Å². The van der Waals surface area contributed by atoms with Gasteiger partial charge in [-0.05, 0) is 37.1 Å². The zero-order chi connectivity index (χ0) is 17.1. The summed E-state index contributed by atoms with van der Waals surface area (Å²) in [6.07, 6.45) is 4.44. The van der Waals surface area contributed by atoms with E-state index in [9.17, 15) is 4.79 Å². The molecule has 1 saturated carbocycles. The fourth-order valence-corrected chi connectivity index (χ4v) is 3.39. The van der Waals surface area contributed by atoms with E-state index in [1.54, 1.807) is 0 Å². The second-order valence-electron chi connectivity index (χ2n) is 6.83. The Bertz CT molecular complexity index is 701. The molecule has 1 aromatic carbocycles. The second-order valence-corrected chi connectivity index (χ2v) is 6.83. The molecule has 1 aliphatic carbocycles. The molecule has 0 N–H and O–H groups in total. The first-order valence-corrected chi connectivity index (χ1v) is 9.17. The zero-order valence-corrected chi connectivity index (χ0v) is 14.5. The number of hydrogen-bond donors (Lipinski definition) is 0. The summed E-state index contributed by atoms with van der Waals surface area (Å²) in [7, 11) is 0. The maximum absolute atomic E-state index is 12.8. The number of aromatic nitrogens is 1. The fraction of sp³-hybridized carbons (Fsp3) is 0.450. The van der Waals surface area contributed by atoms with Crippen LogP contribution in [0, 0.1) is 0 Å². The van der Waals surface area contributed by atoms with Crippen LogP contribution in [-0.4, -0.2) is 59.6 Å². The first-order valence-electron chi connectivity index (χ1n) is 9.17.